The highest BCUT2D eigenvalue weighted by Gasteiger charge is 2.39. The smallest absolute Gasteiger partial charge is 0.256 e. The van der Waals surface area contributed by atoms with Gasteiger partial charge in [-0.2, -0.15) is 0 Å². The van der Waals surface area contributed by atoms with Crippen molar-refractivity contribution in [2.24, 2.45) is 0 Å². The Morgan fingerprint density at radius 1 is 0.833 bits per heavy atom. The van der Waals surface area contributed by atoms with Crippen molar-refractivity contribution < 1.29 is 19.1 Å². The minimum absolute atomic E-state index is 0.0262. The highest BCUT2D eigenvalue weighted by molar-refractivity contribution is 6.00. The van der Waals surface area contributed by atoms with Crippen LogP contribution in [0.25, 0.3) is 0 Å². The highest BCUT2D eigenvalue weighted by atomic mass is 16.5. The lowest BCUT2D eigenvalue weighted by Gasteiger charge is -2.32. The van der Waals surface area contributed by atoms with E-state index < -0.39 is 0 Å². The van der Waals surface area contributed by atoms with Crippen LogP contribution in [0.5, 0.6) is 11.5 Å². The van der Waals surface area contributed by atoms with Gasteiger partial charge in [0.05, 0.1) is 14.2 Å². The lowest BCUT2D eigenvalue weighted by atomic mass is 10.0. The summed E-state index contributed by atoms with van der Waals surface area (Å²) in [5, 5.41) is 6.55. The van der Waals surface area contributed by atoms with Crippen molar-refractivity contribution in [3.63, 3.8) is 0 Å². The lowest BCUT2D eigenvalue weighted by Crippen LogP contribution is -2.39. The number of fused-ring (bicyclic) bond motifs is 1. The summed E-state index contributed by atoms with van der Waals surface area (Å²) in [6.45, 7) is 2.60. The van der Waals surface area contributed by atoms with Crippen LogP contribution in [0.4, 0.5) is 5.69 Å². The van der Waals surface area contributed by atoms with E-state index in [2.05, 4.69) is 29.7 Å². The van der Waals surface area contributed by atoms with E-state index in [0.717, 1.165) is 35.2 Å². The Hall–Kier alpha value is -4.78. The molecule has 4 aromatic rings. The molecule has 1 aliphatic rings. The first-order valence-electron chi connectivity index (χ1n) is 14.3. The van der Waals surface area contributed by atoms with Crippen LogP contribution in [0.2, 0.25) is 0 Å². The van der Waals surface area contributed by atoms with Gasteiger partial charge in [-0.1, -0.05) is 54.6 Å². The van der Waals surface area contributed by atoms with E-state index in [9.17, 15) is 9.59 Å². The molecule has 2 amide bonds. The molecule has 0 spiro atoms. The fourth-order valence-electron chi connectivity index (χ4n) is 5.43. The molecule has 0 fully saturated rings. The maximum absolute atomic E-state index is 13.5. The summed E-state index contributed by atoms with van der Waals surface area (Å²) in [6, 6.07) is 31.3. The molecule has 4 aromatic carbocycles. The van der Waals surface area contributed by atoms with Crippen molar-refractivity contribution >= 4 is 17.5 Å². The minimum Gasteiger partial charge on any atom is -0.493 e. The number of nitrogens with zero attached hydrogens (tertiary/aromatic N) is 1. The van der Waals surface area contributed by atoms with Crippen LogP contribution >= 0.6 is 0 Å². The van der Waals surface area contributed by atoms with Gasteiger partial charge in [0.2, 0.25) is 0 Å². The van der Waals surface area contributed by atoms with Gasteiger partial charge in [0.15, 0.2) is 11.5 Å². The van der Waals surface area contributed by atoms with Crippen molar-refractivity contribution in [2.45, 2.75) is 38.4 Å². The van der Waals surface area contributed by atoms with E-state index in [1.807, 2.05) is 77.7 Å². The zero-order valence-electron chi connectivity index (χ0n) is 24.3. The summed E-state index contributed by atoms with van der Waals surface area (Å²) >= 11 is 0. The van der Waals surface area contributed by atoms with Crippen LogP contribution < -0.4 is 20.1 Å². The number of anilines is 1. The number of benzene rings is 4. The second kappa shape index (κ2) is 13.3. The third kappa shape index (κ3) is 6.41. The van der Waals surface area contributed by atoms with Gasteiger partial charge in [-0.05, 0) is 79.8 Å². The van der Waals surface area contributed by atoms with Crippen molar-refractivity contribution in [1.29, 1.82) is 0 Å². The first-order chi connectivity index (χ1) is 20.5. The summed E-state index contributed by atoms with van der Waals surface area (Å²) in [7, 11) is 3.21. The molecule has 2 atom stereocenters. The lowest BCUT2D eigenvalue weighted by molar-refractivity contribution is 0.0659. The fraction of sp³-hybridized carbons (Fsp3) is 0.257. The average Bonchev–Trinajstić information content (AvgIpc) is 3.31. The molecule has 1 heterocycles. The Balaban J connectivity index is 1.22. The third-order valence-electron chi connectivity index (χ3n) is 7.76. The molecule has 7 nitrogen and oxygen atoms in total. The maximum atomic E-state index is 13.5. The Morgan fingerprint density at radius 2 is 1.55 bits per heavy atom. The summed E-state index contributed by atoms with van der Waals surface area (Å²) in [6.07, 6.45) is 2.12. The van der Waals surface area contributed by atoms with Gasteiger partial charge in [-0.3, -0.25) is 9.59 Å². The monoisotopic (exact) mass is 563 g/mol. The number of ether oxygens (including phenoxy) is 2. The molecule has 5 rings (SSSR count). The molecule has 7 heteroatoms. The van der Waals surface area contributed by atoms with Gasteiger partial charge >= 0.3 is 0 Å². The molecule has 2 unspecified atom stereocenters. The van der Waals surface area contributed by atoms with E-state index in [4.69, 9.17) is 9.47 Å². The number of methoxy groups -OCH3 is 2. The first kappa shape index (κ1) is 28.7. The second-order valence-corrected chi connectivity index (χ2v) is 10.5. The van der Waals surface area contributed by atoms with Gasteiger partial charge in [-0.15, -0.1) is 0 Å². The standard InChI is InChI=1S/C35H37N3O4/c1-24(13-14-25-9-5-4-6-10-25)38-33(29-11-7-8-12-30(29)35(38)40)37-28-18-16-27(17-19-28)34(39)36-22-21-26-15-20-31(41-2)32(23-26)42-3/h4-12,15-20,23-24,33,37H,13-14,21-22H2,1-3H3,(H,36,39). The zero-order chi connectivity index (χ0) is 29.5. The van der Waals surface area contributed by atoms with Crippen LogP contribution in [0, 0.1) is 0 Å². The molecule has 216 valence electrons. The molecular weight excluding hydrogens is 526 g/mol. The van der Waals surface area contributed by atoms with Crippen molar-refractivity contribution in [1.82, 2.24) is 10.2 Å². The number of hydrogen-bond acceptors (Lipinski definition) is 5. The molecule has 0 saturated carbocycles. The van der Waals surface area contributed by atoms with Crippen LogP contribution in [-0.2, 0) is 12.8 Å². The second-order valence-electron chi connectivity index (χ2n) is 10.5. The average molecular weight is 564 g/mol. The molecule has 0 bridgehead atoms. The summed E-state index contributed by atoms with van der Waals surface area (Å²) in [5.41, 5.74) is 5.41. The molecule has 42 heavy (non-hydrogen) atoms. The Bertz CT molecular complexity index is 1520. The number of carbonyl (C=O) groups excluding carboxylic acids is 2. The van der Waals surface area contributed by atoms with E-state index in [1.165, 1.54) is 5.56 Å². The molecule has 0 aromatic heterocycles. The van der Waals surface area contributed by atoms with Crippen molar-refractivity contribution in [3.8, 4) is 11.5 Å². The van der Waals surface area contributed by atoms with Crippen LogP contribution in [0.3, 0.4) is 0 Å². The molecule has 0 radical (unpaired) electrons. The predicted octanol–water partition coefficient (Wildman–Crippen LogP) is 6.26. The summed E-state index contributed by atoms with van der Waals surface area (Å²) in [5.74, 6) is 1.24. The predicted molar refractivity (Wildman–Crippen MR) is 165 cm³/mol. The summed E-state index contributed by atoms with van der Waals surface area (Å²) in [4.78, 5) is 28.3. The number of rotatable bonds is 12. The number of aryl methyl sites for hydroxylation is 1. The van der Waals surface area contributed by atoms with E-state index >= 15 is 0 Å². The molecular formula is C35H37N3O4. The van der Waals surface area contributed by atoms with Gasteiger partial charge in [0.25, 0.3) is 11.8 Å². The Morgan fingerprint density at radius 3 is 2.29 bits per heavy atom. The van der Waals surface area contributed by atoms with E-state index in [1.54, 1.807) is 26.4 Å². The molecule has 2 N–H and O–H groups in total. The molecule has 0 saturated heterocycles. The normalized spacial score (nSPS) is 14.7. The Kier molecular flexibility index (Phi) is 9.07. The van der Waals surface area contributed by atoms with Crippen molar-refractivity contribution in [3.05, 3.63) is 125 Å². The van der Waals surface area contributed by atoms with Crippen LogP contribution in [-0.4, -0.2) is 43.5 Å². The van der Waals surface area contributed by atoms with Gasteiger partial charge in [0, 0.05) is 35.0 Å². The SMILES string of the molecule is COc1ccc(CCNC(=O)c2ccc(NC3c4ccccc4C(=O)N3C(C)CCc3ccccc3)cc2)cc1OC. The van der Waals surface area contributed by atoms with Crippen LogP contribution in [0.15, 0.2) is 97.1 Å². The van der Waals surface area contributed by atoms with Gasteiger partial charge < -0.3 is 25.0 Å². The zero-order valence-corrected chi connectivity index (χ0v) is 24.3. The molecule has 1 aliphatic heterocycles. The van der Waals surface area contributed by atoms with E-state index in [-0.39, 0.29) is 24.0 Å². The first-order valence-corrected chi connectivity index (χ1v) is 14.3. The highest BCUT2D eigenvalue weighted by Crippen LogP contribution is 2.37. The van der Waals surface area contributed by atoms with Crippen molar-refractivity contribution in [2.75, 3.05) is 26.1 Å². The van der Waals surface area contributed by atoms with E-state index in [0.29, 0.717) is 30.0 Å². The number of amides is 2. The van der Waals surface area contributed by atoms with Gasteiger partial charge in [-0.25, -0.2) is 0 Å². The maximum Gasteiger partial charge on any atom is 0.256 e. The number of hydrogen-bond donors (Lipinski definition) is 2. The minimum atomic E-state index is -0.291. The fourth-order valence-corrected chi connectivity index (χ4v) is 5.43. The quantitative estimate of drug-likeness (QED) is 0.213. The topological polar surface area (TPSA) is 79.9 Å². The van der Waals surface area contributed by atoms with Gasteiger partial charge in [0.1, 0.15) is 6.17 Å². The summed E-state index contributed by atoms with van der Waals surface area (Å²) < 4.78 is 10.7. The number of carbonyl (C=O) groups is 2. The number of nitrogens with one attached hydrogen (secondary N) is 2. The van der Waals surface area contributed by atoms with Crippen LogP contribution in [0.1, 0.15) is 56.9 Å². The Labute approximate surface area is 247 Å². The largest absolute Gasteiger partial charge is 0.493 e. The molecule has 0 aliphatic carbocycles. The third-order valence-corrected chi connectivity index (χ3v) is 7.76.